The minimum absolute atomic E-state index is 0.142. The highest BCUT2D eigenvalue weighted by Crippen LogP contribution is 2.31. The van der Waals surface area contributed by atoms with Crippen molar-refractivity contribution in [3.63, 3.8) is 0 Å². The molecule has 0 saturated carbocycles. The van der Waals surface area contributed by atoms with Gasteiger partial charge in [-0.3, -0.25) is 10.1 Å². The number of nitrogens with zero attached hydrogens (tertiary/aromatic N) is 1. The molecule has 6 heteroatoms. The van der Waals surface area contributed by atoms with Gasteiger partial charge in [0.15, 0.2) is 12.0 Å². The molecule has 1 aliphatic heterocycles. The number of methoxy groups -OCH3 is 1. The highest BCUT2D eigenvalue weighted by Gasteiger charge is 2.29. The Kier molecular flexibility index (Phi) is 4.09. The van der Waals surface area contributed by atoms with Crippen LogP contribution in [0.15, 0.2) is 27.7 Å². The first kappa shape index (κ1) is 13.9. The van der Waals surface area contributed by atoms with Gasteiger partial charge in [0.1, 0.15) is 5.75 Å². The minimum Gasteiger partial charge on any atom is -0.497 e. The Morgan fingerprint density at radius 1 is 1.47 bits per heavy atom. The number of carbonyl (C=O) groups is 1. The highest BCUT2D eigenvalue weighted by atomic mass is 79.9. The van der Waals surface area contributed by atoms with Gasteiger partial charge in [0.25, 0.3) is 5.91 Å². The Morgan fingerprint density at radius 2 is 2.21 bits per heavy atom. The molecule has 1 atom stereocenters. The van der Waals surface area contributed by atoms with Gasteiger partial charge >= 0.3 is 0 Å². The maximum absolute atomic E-state index is 12.0. The number of hydrogen-bond donors (Lipinski definition) is 2. The number of guanidine groups is 1. The van der Waals surface area contributed by atoms with Crippen molar-refractivity contribution in [2.24, 2.45) is 4.99 Å². The molecular weight excluding hydrogens is 310 g/mol. The van der Waals surface area contributed by atoms with Gasteiger partial charge in [0.05, 0.1) is 7.11 Å². The summed E-state index contributed by atoms with van der Waals surface area (Å²) in [5.74, 6) is 1.07. The monoisotopic (exact) mass is 325 g/mol. The highest BCUT2D eigenvalue weighted by molar-refractivity contribution is 9.10. The van der Waals surface area contributed by atoms with E-state index in [9.17, 15) is 4.79 Å². The van der Waals surface area contributed by atoms with Gasteiger partial charge in [0.2, 0.25) is 0 Å². The fourth-order valence-electron chi connectivity index (χ4n) is 1.82. The quantitative estimate of drug-likeness (QED) is 0.893. The zero-order chi connectivity index (χ0) is 14.0. The molecule has 0 bridgehead atoms. The second-order valence-electron chi connectivity index (χ2n) is 4.56. The number of aliphatic imine (C=N–C) groups is 1. The zero-order valence-electron chi connectivity index (χ0n) is 11.0. The molecule has 5 nitrogen and oxygen atoms in total. The summed E-state index contributed by atoms with van der Waals surface area (Å²) in [7, 11) is 1.59. The van der Waals surface area contributed by atoms with Crippen LogP contribution in [0.25, 0.3) is 0 Å². The summed E-state index contributed by atoms with van der Waals surface area (Å²) in [4.78, 5) is 16.4. The number of nitrogens with one attached hydrogen (secondary N) is 2. The van der Waals surface area contributed by atoms with Crippen LogP contribution in [0.1, 0.15) is 25.5 Å². The van der Waals surface area contributed by atoms with Crippen LogP contribution in [0.3, 0.4) is 0 Å². The van der Waals surface area contributed by atoms with Crippen LogP contribution in [-0.4, -0.2) is 25.0 Å². The van der Waals surface area contributed by atoms with Crippen molar-refractivity contribution in [3.05, 3.63) is 28.2 Å². The Balaban J connectivity index is 2.31. The van der Waals surface area contributed by atoms with Gasteiger partial charge in [-0.05, 0) is 32.0 Å². The van der Waals surface area contributed by atoms with Crippen molar-refractivity contribution in [2.75, 3.05) is 7.11 Å². The molecule has 1 amide bonds. The smallest absolute Gasteiger partial charge is 0.256 e. The molecule has 19 heavy (non-hydrogen) atoms. The third-order valence-corrected chi connectivity index (χ3v) is 3.39. The van der Waals surface area contributed by atoms with Crippen molar-refractivity contribution < 1.29 is 9.53 Å². The fraction of sp³-hybridized carbons (Fsp3) is 0.385. The van der Waals surface area contributed by atoms with Gasteiger partial charge in [-0.25, -0.2) is 4.99 Å². The number of hydrogen-bond acceptors (Lipinski definition) is 4. The SMILES string of the molecule is COc1ccc(Br)c(C2N=C(NC(C)C)NC2=O)c1. The minimum atomic E-state index is -0.550. The maximum atomic E-state index is 12.0. The van der Waals surface area contributed by atoms with Crippen LogP contribution in [0.5, 0.6) is 5.75 Å². The molecular formula is C13H16BrN3O2. The Labute approximate surface area is 120 Å². The van der Waals surface area contributed by atoms with Gasteiger partial charge in [-0.1, -0.05) is 15.9 Å². The second-order valence-corrected chi connectivity index (χ2v) is 5.41. The molecule has 1 aromatic carbocycles. The van der Waals surface area contributed by atoms with Crippen LogP contribution in [0.4, 0.5) is 0 Å². The molecule has 0 fully saturated rings. The van der Waals surface area contributed by atoms with E-state index in [2.05, 4.69) is 31.6 Å². The first-order chi connectivity index (χ1) is 9.01. The van der Waals surface area contributed by atoms with Gasteiger partial charge in [-0.2, -0.15) is 0 Å². The molecule has 102 valence electrons. The number of benzene rings is 1. The first-order valence-corrected chi connectivity index (χ1v) is 6.79. The molecule has 1 unspecified atom stereocenters. The zero-order valence-corrected chi connectivity index (χ0v) is 12.6. The second kappa shape index (κ2) is 5.61. The van der Waals surface area contributed by atoms with Gasteiger partial charge in [0, 0.05) is 16.1 Å². The third kappa shape index (κ3) is 3.07. The van der Waals surface area contributed by atoms with E-state index in [1.54, 1.807) is 7.11 Å². The van der Waals surface area contributed by atoms with E-state index >= 15 is 0 Å². The number of rotatable bonds is 3. The summed E-state index contributed by atoms with van der Waals surface area (Å²) in [5, 5.41) is 5.83. The van der Waals surface area contributed by atoms with E-state index in [4.69, 9.17) is 4.74 Å². The topological polar surface area (TPSA) is 62.7 Å². The van der Waals surface area contributed by atoms with Gasteiger partial charge < -0.3 is 10.1 Å². The Bertz CT molecular complexity index is 529. The van der Waals surface area contributed by atoms with Crippen LogP contribution >= 0.6 is 15.9 Å². The number of halogens is 1. The molecule has 0 radical (unpaired) electrons. The largest absolute Gasteiger partial charge is 0.497 e. The normalized spacial score (nSPS) is 18.3. The molecule has 2 N–H and O–H groups in total. The third-order valence-electron chi connectivity index (χ3n) is 2.67. The number of carbonyl (C=O) groups excluding carboxylic acids is 1. The summed E-state index contributed by atoms with van der Waals surface area (Å²) in [6.45, 7) is 3.98. The van der Waals surface area contributed by atoms with Crippen LogP contribution < -0.4 is 15.4 Å². The van der Waals surface area contributed by atoms with Crippen molar-refractivity contribution in [2.45, 2.75) is 25.9 Å². The fourth-order valence-corrected chi connectivity index (χ4v) is 2.28. The Morgan fingerprint density at radius 3 is 2.84 bits per heavy atom. The first-order valence-electron chi connectivity index (χ1n) is 6.00. The van der Waals surface area contributed by atoms with E-state index in [1.165, 1.54) is 0 Å². The van der Waals surface area contributed by atoms with Crippen molar-refractivity contribution >= 4 is 27.8 Å². The lowest BCUT2D eigenvalue weighted by atomic mass is 10.1. The summed E-state index contributed by atoms with van der Waals surface area (Å²) in [5.41, 5.74) is 0.789. The predicted octanol–water partition coefficient (Wildman–Crippen LogP) is 1.98. The number of amides is 1. The lowest BCUT2D eigenvalue weighted by Crippen LogP contribution is -2.40. The van der Waals surface area contributed by atoms with Crippen molar-refractivity contribution in [1.29, 1.82) is 0 Å². The van der Waals surface area contributed by atoms with Crippen LogP contribution in [0.2, 0.25) is 0 Å². The lowest BCUT2D eigenvalue weighted by Gasteiger charge is -2.09. The molecule has 1 heterocycles. The van der Waals surface area contributed by atoms with Crippen molar-refractivity contribution in [1.82, 2.24) is 10.6 Å². The van der Waals surface area contributed by atoms with E-state index in [-0.39, 0.29) is 11.9 Å². The lowest BCUT2D eigenvalue weighted by molar-refractivity contribution is -0.120. The summed E-state index contributed by atoms with van der Waals surface area (Å²) >= 11 is 3.44. The molecule has 2 rings (SSSR count). The summed E-state index contributed by atoms with van der Waals surface area (Å²) < 4.78 is 6.02. The molecule has 1 aromatic rings. The average molecular weight is 326 g/mol. The summed E-state index contributed by atoms with van der Waals surface area (Å²) in [6.07, 6.45) is 0. The van der Waals surface area contributed by atoms with Crippen LogP contribution in [0, 0.1) is 0 Å². The van der Waals surface area contributed by atoms with E-state index < -0.39 is 6.04 Å². The van der Waals surface area contributed by atoms with Gasteiger partial charge in [-0.15, -0.1) is 0 Å². The van der Waals surface area contributed by atoms with Crippen molar-refractivity contribution in [3.8, 4) is 5.75 Å². The van der Waals surface area contributed by atoms with E-state index in [0.717, 1.165) is 10.0 Å². The van der Waals surface area contributed by atoms with Crippen LogP contribution in [-0.2, 0) is 4.79 Å². The molecule has 0 spiro atoms. The molecule has 0 aliphatic carbocycles. The average Bonchev–Trinajstić information content (AvgIpc) is 2.70. The Hall–Kier alpha value is -1.56. The number of ether oxygens (including phenoxy) is 1. The standard InChI is InChI=1S/C13H16BrN3O2/c1-7(2)15-13-16-11(12(18)17-13)9-6-8(19-3)4-5-10(9)14/h4-7,11H,1-3H3,(H2,15,16,17,18). The predicted molar refractivity (Wildman–Crippen MR) is 77.3 cm³/mol. The van der Waals surface area contributed by atoms with E-state index in [0.29, 0.717) is 11.7 Å². The maximum Gasteiger partial charge on any atom is 0.256 e. The van der Waals surface area contributed by atoms with E-state index in [1.807, 2.05) is 32.0 Å². The molecule has 0 saturated heterocycles. The molecule has 0 aromatic heterocycles. The molecule has 1 aliphatic rings. The summed E-state index contributed by atoms with van der Waals surface area (Å²) in [6, 6.07) is 5.16.